The molecule has 94 valence electrons. The lowest BCUT2D eigenvalue weighted by Gasteiger charge is -2.09. The number of carbonyl (C=O) groups is 1. The molecule has 0 fully saturated rings. The normalized spacial score (nSPS) is 12.1. The van der Waals surface area contributed by atoms with Gasteiger partial charge >= 0.3 is 11.0 Å². The summed E-state index contributed by atoms with van der Waals surface area (Å²) in [4.78, 5) is 24.1. The highest BCUT2D eigenvalue weighted by Gasteiger charge is 2.12. The van der Waals surface area contributed by atoms with Crippen molar-refractivity contribution in [1.29, 1.82) is 0 Å². The SMILES string of the molecule is CC(CCC(=O)O)CNc1ncc([N+](=O)[O-])s1. The highest BCUT2D eigenvalue weighted by molar-refractivity contribution is 7.18. The first kappa shape index (κ1) is 13.4. The highest BCUT2D eigenvalue weighted by atomic mass is 32.1. The van der Waals surface area contributed by atoms with Gasteiger partial charge in [-0.2, -0.15) is 0 Å². The fourth-order valence-electron chi connectivity index (χ4n) is 1.17. The van der Waals surface area contributed by atoms with Crippen LogP contribution in [0.25, 0.3) is 0 Å². The van der Waals surface area contributed by atoms with E-state index >= 15 is 0 Å². The van der Waals surface area contributed by atoms with Crippen molar-refractivity contribution in [3.8, 4) is 0 Å². The molecule has 0 spiro atoms. The molecule has 1 atom stereocenters. The van der Waals surface area contributed by atoms with E-state index in [4.69, 9.17) is 5.11 Å². The van der Waals surface area contributed by atoms with Crippen LogP contribution in [0.1, 0.15) is 19.8 Å². The van der Waals surface area contributed by atoms with E-state index in [9.17, 15) is 14.9 Å². The molecule has 0 aliphatic carbocycles. The number of aromatic nitrogens is 1. The summed E-state index contributed by atoms with van der Waals surface area (Å²) in [6.45, 7) is 2.47. The van der Waals surface area contributed by atoms with Crippen molar-refractivity contribution in [2.24, 2.45) is 5.92 Å². The fourth-order valence-corrected chi connectivity index (χ4v) is 1.80. The molecular formula is C9H13N3O4S. The summed E-state index contributed by atoms with van der Waals surface area (Å²) in [7, 11) is 0. The molecule has 0 saturated heterocycles. The molecule has 0 bridgehead atoms. The zero-order valence-corrected chi connectivity index (χ0v) is 10.1. The minimum absolute atomic E-state index is 0.00862. The molecule has 1 heterocycles. The third-order valence-electron chi connectivity index (χ3n) is 2.13. The number of anilines is 1. The summed E-state index contributed by atoms with van der Waals surface area (Å²) in [5.74, 6) is -0.643. The monoisotopic (exact) mass is 259 g/mol. The number of carboxylic acids is 1. The van der Waals surface area contributed by atoms with Gasteiger partial charge in [-0.1, -0.05) is 6.92 Å². The third-order valence-corrected chi connectivity index (χ3v) is 3.03. The smallest absolute Gasteiger partial charge is 0.345 e. The van der Waals surface area contributed by atoms with Gasteiger partial charge in [0.25, 0.3) is 0 Å². The highest BCUT2D eigenvalue weighted by Crippen LogP contribution is 2.25. The second kappa shape index (κ2) is 6.14. The molecule has 0 aromatic carbocycles. The molecule has 17 heavy (non-hydrogen) atoms. The number of nitrogens with zero attached hydrogens (tertiary/aromatic N) is 2. The summed E-state index contributed by atoms with van der Waals surface area (Å²) in [6.07, 6.45) is 1.89. The lowest BCUT2D eigenvalue weighted by Crippen LogP contribution is -2.12. The Bertz CT molecular complexity index is 407. The van der Waals surface area contributed by atoms with Gasteiger partial charge in [-0.3, -0.25) is 14.9 Å². The Kier molecular flexibility index (Phi) is 4.83. The van der Waals surface area contributed by atoms with E-state index in [1.807, 2.05) is 6.92 Å². The van der Waals surface area contributed by atoms with Crippen LogP contribution in [0.2, 0.25) is 0 Å². The number of hydrogen-bond donors (Lipinski definition) is 2. The second-order valence-electron chi connectivity index (χ2n) is 3.68. The van der Waals surface area contributed by atoms with E-state index in [1.165, 1.54) is 6.20 Å². The van der Waals surface area contributed by atoms with Crippen LogP contribution in [0.5, 0.6) is 0 Å². The van der Waals surface area contributed by atoms with E-state index in [0.717, 1.165) is 11.3 Å². The summed E-state index contributed by atoms with van der Waals surface area (Å²) >= 11 is 0.970. The number of nitrogens with one attached hydrogen (secondary N) is 1. The topological polar surface area (TPSA) is 105 Å². The van der Waals surface area contributed by atoms with Gasteiger partial charge in [0.15, 0.2) is 5.13 Å². The lowest BCUT2D eigenvalue weighted by atomic mass is 10.1. The van der Waals surface area contributed by atoms with Crippen molar-refractivity contribution >= 4 is 27.4 Å². The van der Waals surface area contributed by atoms with Crippen molar-refractivity contribution in [3.05, 3.63) is 16.3 Å². The number of thiazole rings is 1. The predicted octanol–water partition coefficient (Wildman–Crippen LogP) is 1.96. The van der Waals surface area contributed by atoms with Crippen molar-refractivity contribution in [2.45, 2.75) is 19.8 Å². The average molecular weight is 259 g/mol. The Balaban J connectivity index is 2.34. The Morgan fingerprint density at radius 3 is 3.00 bits per heavy atom. The fraction of sp³-hybridized carbons (Fsp3) is 0.556. The van der Waals surface area contributed by atoms with Crippen LogP contribution >= 0.6 is 11.3 Å². The van der Waals surface area contributed by atoms with Crippen LogP contribution in [0.3, 0.4) is 0 Å². The summed E-state index contributed by atoms with van der Waals surface area (Å²) < 4.78 is 0. The van der Waals surface area contributed by atoms with Gasteiger partial charge in [0, 0.05) is 13.0 Å². The molecule has 1 aromatic heterocycles. The van der Waals surface area contributed by atoms with Gasteiger partial charge in [-0.25, -0.2) is 4.98 Å². The van der Waals surface area contributed by atoms with E-state index < -0.39 is 10.9 Å². The first-order chi connectivity index (χ1) is 7.99. The van der Waals surface area contributed by atoms with Gasteiger partial charge in [0.05, 0.1) is 4.92 Å². The molecule has 1 unspecified atom stereocenters. The molecule has 0 amide bonds. The quantitative estimate of drug-likeness (QED) is 0.572. The van der Waals surface area contributed by atoms with Crippen LogP contribution in [-0.4, -0.2) is 27.5 Å². The van der Waals surface area contributed by atoms with Gasteiger partial charge in [-0.05, 0) is 23.7 Å². The number of rotatable bonds is 7. The Labute approximate surface area is 102 Å². The van der Waals surface area contributed by atoms with Crippen molar-refractivity contribution in [2.75, 3.05) is 11.9 Å². The van der Waals surface area contributed by atoms with Crippen LogP contribution in [0, 0.1) is 16.0 Å². The minimum atomic E-state index is -0.818. The lowest BCUT2D eigenvalue weighted by molar-refractivity contribution is -0.380. The Morgan fingerprint density at radius 1 is 1.76 bits per heavy atom. The van der Waals surface area contributed by atoms with Crippen molar-refractivity contribution < 1.29 is 14.8 Å². The second-order valence-corrected chi connectivity index (χ2v) is 4.69. The first-order valence-corrected chi connectivity index (χ1v) is 5.86. The molecule has 2 N–H and O–H groups in total. The Hall–Kier alpha value is -1.70. The van der Waals surface area contributed by atoms with Crippen LogP contribution in [0.15, 0.2) is 6.20 Å². The zero-order chi connectivity index (χ0) is 12.8. The summed E-state index contributed by atoms with van der Waals surface area (Å²) in [5, 5.41) is 22.3. The maximum atomic E-state index is 10.4. The minimum Gasteiger partial charge on any atom is -0.481 e. The third kappa shape index (κ3) is 4.77. The van der Waals surface area contributed by atoms with Gasteiger partial charge in [0.2, 0.25) is 0 Å². The molecule has 0 aliphatic rings. The summed E-state index contributed by atoms with van der Waals surface area (Å²) in [6, 6.07) is 0. The average Bonchev–Trinajstić information content (AvgIpc) is 2.72. The van der Waals surface area contributed by atoms with Gasteiger partial charge in [-0.15, -0.1) is 0 Å². The number of nitro groups is 1. The standard InChI is InChI=1S/C9H13N3O4S/c1-6(2-3-8(13)14)4-10-9-11-5-7(17-9)12(15)16/h5-6H,2-4H2,1H3,(H,10,11)(H,13,14). The predicted molar refractivity (Wildman–Crippen MR) is 63.3 cm³/mol. The summed E-state index contributed by atoms with van der Waals surface area (Å²) in [5.41, 5.74) is 0. The molecule has 1 rings (SSSR count). The largest absolute Gasteiger partial charge is 0.481 e. The molecule has 7 nitrogen and oxygen atoms in total. The molecule has 0 saturated carbocycles. The van der Waals surface area contributed by atoms with E-state index in [2.05, 4.69) is 10.3 Å². The van der Waals surface area contributed by atoms with Crippen LogP contribution < -0.4 is 5.32 Å². The van der Waals surface area contributed by atoms with Gasteiger partial charge in [0.1, 0.15) is 6.20 Å². The molecular weight excluding hydrogens is 246 g/mol. The van der Waals surface area contributed by atoms with Gasteiger partial charge < -0.3 is 10.4 Å². The molecule has 0 radical (unpaired) electrons. The van der Waals surface area contributed by atoms with E-state index in [0.29, 0.717) is 18.1 Å². The molecule has 0 aliphatic heterocycles. The number of carboxylic acid groups (broad SMARTS) is 1. The zero-order valence-electron chi connectivity index (χ0n) is 9.25. The number of aliphatic carboxylic acids is 1. The van der Waals surface area contributed by atoms with E-state index in [-0.39, 0.29) is 17.3 Å². The van der Waals surface area contributed by atoms with Crippen molar-refractivity contribution in [3.63, 3.8) is 0 Å². The molecule has 1 aromatic rings. The number of hydrogen-bond acceptors (Lipinski definition) is 6. The Morgan fingerprint density at radius 2 is 2.47 bits per heavy atom. The van der Waals surface area contributed by atoms with Crippen LogP contribution in [0.4, 0.5) is 10.1 Å². The molecule has 8 heteroatoms. The van der Waals surface area contributed by atoms with E-state index in [1.54, 1.807) is 0 Å². The van der Waals surface area contributed by atoms with Crippen molar-refractivity contribution in [1.82, 2.24) is 4.98 Å². The maximum Gasteiger partial charge on any atom is 0.345 e. The van der Waals surface area contributed by atoms with Crippen LogP contribution in [-0.2, 0) is 4.79 Å². The maximum absolute atomic E-state index is 10.4. The first-order valence-electron chi connectivity index (χ1n) is 5.05.